The quantitative estimate of drug-likeness (QED) is 0.682. The number of ether oxygens (including phenoxy) is 1. The molecule has 1 aromatic carbocycles. The Balaban J connectivity index is 1.92. The van der Waals surface area contributed by atoms with Crippen molar-refractivity contribution in [3.8, 4) is 0 Å². The number of nitrogens with zero attached hydrogens (tertiary/aromatic N) is 2. The number of rotatable bonds is 4. The Morgan fingerprint density at radius 1 is 1.43 bits per heavy atom. The van der Waals surface area contributed by atoms with Gasteiger partial charge in [0.25, 0.3) is 0 Å². The molecule has 128 valence electrons. The van der Waals surface area contributed by atoms with Crippen molar-refractivity contribution in [1.29, 1.82) is 0 Å². The Morgan fingerprint density at radius 2 is 2.22 bits per heavy atom. The smallest absolute Gasteiger partial charge is 0.381 e. The summed E-state index contributed by atoms with van der Waals surface area (Å²) in [5.41, 5.74) is -0.0678. The number of halogens is 3. The molecule has 1 heterocycles. The number of aliphatic imine (C=N–C) groups is 1. The highest BCUT2D eigenvalue weighted by Crippen LogP contribution is 2.29. The van der Waals surface area contributed by atoms with Crippen LogP contribution in [-0.2, 0) is 17.5 Å². The van der Waals surface area contributed by atoms with Gasteiger partial charge in [-0.15, -0.1) is 0 Å². The van der Waals surface area contributed by atoms with E-state index in [0.717, 1.165) is 38.3 Å². The highest BCUT2D eigenvalue weighted by Gasteiger charge is 2.30. The second-order valence-electron chi connectivity index (χ2n) is 5.71. The van der Waals surface area contributed by atoms with Crippen LogP contribution in [0.5, 0.6) is 0 Å². The summed E-state index contributed by atoms with van der Waals surface area (Å²) < 4.78 is 43.5. The lowest BCUT2D eigenvalue weighted by Gasteiger charge is -2.24. The maximum Gasteiger partial charge on any atom is 0.416 e. The zero-order valence-electron chi connectivity index (χ0n) is 13.4. The minimum absolute atomic E-state index is 0.294. The van der Waals surface area contributed by atoms with Crippen LogP contribution in [0.2, 0.25) is 0 Å². The summed E-state index contributed by atoms with van der Waals surface area (Å²) in [5, 5.41) is 3.11. The van der Waals surface area contributed by atoms with E-state index in [-0.39, 0.29) is 0 Å². The number of hydrogen-bond acceptors (Lipinski definition) is 2. The van der Waals surface area contributed by atoms with E-state index in [1.54, 1.807) is 13.1 Å². The van der Waals surface area contributed by atoms with Crippen molar-refractivity contribution < 1.29 is 17.9 Å². The molecule has 4 nitrogen and oxygen atoms in total. The lowest BCUT2D eigenvalue weighted by molar-refractivity contribution is -0.137. The van der Waals surface area contributed by atoms with Crippen molar-refractivity contribution in [2.24, 2.45) is 10.9 Å². The van der Waals surface area contributed by atoms with Gasteiger partial charge >= 0.3 is 6.18 Å². The van der Waals surface area contributed by atoms with Crippen LogP contribution in [-0.4, -0.2) is 44.7 Å². The zero-order chi connectivity index (χ0) is 16.9. The van der Waals surface area contributed by atoms with Crippen LogP contribution in [0.1, 0.15) is 17.5 Å². The van der Waals surface area contributed by atoms with Crippen LogP contribution < -0.4 is 5.32 Å². The topological polar surface area (TPSA) is 36.9 Å². The molecule has 0 bridgehead atoms. The number of alkyl halides is 3. The van der Waals surface area contributed by atoms with E-state index in [9.17, 15) is 13.2 Å². The second kappa shape index (κ2) is 7.68. The van der Waals surface area contributed by atoms with Crippen LogP contribution in [0.15, 0.2) is 29.3 Å². The second-order valence-corrected chi connectivity index (χ2v) is 5.71. The fourth-order valence-electron chi connectivity index (χ4n) is 2.62. The molecule has 1 fully saturated rings. The summed E-state index contributed by atoms with van der Waals surface area (Å²) >= 11 is 0. The minimum Gasteiger partial charge on any atom is -0.381 e. The third-order valence-electron chi connectivity index (χ3n) is 3.83. The van der Waals surface area contributed by atoms with Crippen LogP contribution in [0.3, 0.4) is 0 Å². The normalized spacial score (nSPS) is 19.0. The Hall–Kier alpha value is -1.76. The molecule has 1 saturated heterocycles. The zero-order valence-corrected chi connectivity index (χ0v) is 13.4. The SMILES string of the molecule is CN=C(NCc1cccc(C(F)(F)F)c1)N(C)CC1CCOC1. The van der Waals surface area contributed by atoms with Crippen LogP contribution >= 0.6 is 0 Å². The van der Waals surface area contributed by atoms with E-state index >= 15 is 0 Å². The Labute approximate surface area is 134 Å². The molecule has 1 atom stereocenters. The molecule has 1 aliphatic rings. The summed E-state index contributed by atoms with van der Waals surface area (Å²) in [7, 11) is 3.58. The maximum atomic E-state index is 12.7. The van der Waals surface area contributed by atoms with Crippen molar-refractivity contribution in [1.82, 2.24) is 10.2 Å². The predicted molar refractivity (Wildman–Crippen MR) is 83.2 cm³/mol. The number of nitrogens with one attached hydrogen (secondary N) is 1. The van der Waals surface area contributed by atoms with Gasteiger partial charge < -0.3 is 15.0 Å². The van der Waals surface area contributed by atoms with Gasteiger partial charge in [-0.1, -0.05) is 12.1 Å². The highest BCUT2D eigenvalue weighted by molar-refractivity contribution is 5.79. The van der Waals surface area contributed by atoms with Gasteiger partial charge in [-0.3, -0.25) is 4.99 Å². The van der Waals surface area contributed by atoms with Crippen LogP contribution in [0.4, 0.5) is 13.2 Å². The van der Waals surface area contributed by atoms with E-state index in [0.29, 0.717) is 24.0 Å². The first-order chi connectivity index (χ1) is 10.9. The summed E-state index contributed by atoms with van der Waals surface area (Å²) in [6.07, 6.45) is -3.30. The van der Waals surface area contributed by atoms with E-state index in [2.05, 4.69) is 10.3 Å². The van der Waals surface area contributed by atoms with Gasteiger partial charge in [-0.25, -0.2) is 0 Å². The van der Waals surface area contributed by atoms with Crippen LogP contribution in [0.25, 0.3) is 0 Å². The van der Waals surface area contributed by atoms with E-state index in [1.807, 2.05) is 11.9 Å². The van der Waals surface area contributed by atoms with Gasteiger partial charge in [0.05, 0.1) is 12.2 Å². The molecule has 7 heteroatoms. The van der Waals surface area contributed by atoms with Gasteiger partial charge in [0.1, 0.15) is 0 Å². The third-order valence-corrected chi connectivity index (χ3v) is 3.83. The van der Waals surface area contributed by atoms with Crippen molar-refractivity contribution in [2.75, 3.05) is 33.9 Å². The molecule has 0 aliphatic carbocycles. The third kappa shape index (κ3) is 5.13. The van der Waals surface area contributed by atoms with Crippen molar-refractivity contribution >= 4 is 5.96 Å². The summed E-state index contributed by atoms with van der Waals surface area (Å²) in [6.45, 7) is 2.63. The lowest BCUT2D eigenvalue weighted by atomic mass is 10.1. The summed E-state index contributed by atoms with van der Waals surface area (Å²) in [6, 6.07) is 5.32. The van der Waals surface area contributed by atoms with Crippen LogP contribution in [0, 0.1) is 5.92 Å². The summed E-state index contributed by atoms with van der Waals surface area (Å²) in [4.78, 5) is 6.16. The number of hydrogen-bond donors (Lipinski definition) is 1. The van der Waals surface area contributed by atoms with E-state index in [1.165, 1.54) is 6.07 Å². The largest absolute Gasteiger partial charge is 0.416 e. The molecule has 0 aromatic heterocycles. The van der Waals surface area contributed by atoms with E-state index in [4.69, 9.17) is 4.74 Å². The fraction of sp³-hybridized carbons (Fsp3) is 0.562. The molecular weight excluding hydrogens is 307 g/mol. The average Bonchev–Trinajstić information content (AvgIpc) is 3.00. The molecule has 1 aromatic rings. The molecule has 0 amide bonds. The summed E-state index contributed by atoms with van der Waals surface area (Å²) in [5.74, 6) is 1.13. The maximum absolute atomic E-state index is 12.7. The molecule has 1 N–H and O–H groups in total. The molecule has 0 radical (unpaired) electrons. The number of benzene rings is 1. The molecular formula is C16H22F3N3O. The number of guanidine groups is 1. The lowest BCUT2D eigenvalue weighted by Crippen LogP contribution is -2.41. The molecule has 0 spiro atoms. The predicted octanol–water partition coefficient (Wildman–Crippen LogP) is 2.75. The van der Waals surface area contributed by atoms with Crippen molar-refractivity contribution in [3.05, 3.63) is 35.4 Å². The van der Waals surface area contributed by atoms with Gasteiger partial charge in [-0.2, -0.15) is 13.2 Å². The average molecular weight is 329 g/mol. The monoisotopic (exact) mass is 329 g/mol. The minimum atomic E-state index is -4.32. The first-order valence-corrected chi connectivity index (χ1v) is 7.56. The molecule has 23 heavy (non-hydrogen) atoms. The van der Waals surface area contributed by atoms with E-state index < -0.39 is 11.7 Å². The standard InChI is InChI=1S/C16H22F3N3O/c1-20-15(22(2)10-13-6-7-23-11-13)21-9-12-4-3-5-14(8-12)16(17,18)19/h3-5,8,13H,6-7,9-11H2,1-2H3,(H,20,21). The molecule has 2 rings (SSSR count). The molecule has 1 unspecified atom stereocenters. The van der Waals surface area contributed by atoms with Crippen molar-refractivity contribution in [3.63, 3.8) is 0 Å². The van der Waals surface area contributed by atoms with Crippen molar-refractivity contribution in [2.45, 2.75) is 19.1 Å². The molecule has 0 saturated carbocycles. The highest BCUT2D eigenvalue weighted by atomic mass is 19.4. The molecule has 1 aliphatic heterocycles. The fourth-order valence-corrected chi connectivity index (χ4v) is 2.62. The van der Waals surface area contributed by atoms with Gasteiger partial charge in [0.2, 0.25) is 0 Å². The Bertz CT molecular complexity index is 540. The first kappa shape index (κ1) is 17.6. The van der Waals surface area contributed by atoms with Gasteiger partial charge in [0.15, 0.2) is 5.96 Å². The Morgan fingerprint density at radius 3 is 2.83 bits per heavy atom. The Kier molecular flexibility index (Phi) is 5.87. The van der Waals surface area contributed by atoms with Gasteiger partial charge in [-0.05, 0) is 24.1 Å². The van der Waals surface area contributed by atoms with Gasteiger partial charge in [0, 0.05) is 39.7 Å². The first-order valence-electron chi connectivity index (χ1n) is 7.56.